The van der Waals surface area contributed by atoms with Crippen LogP contribution in [0.2, 0.25) is 0 Å². The molecule has 0 aromatic carbocycles. The Hall–Kier alpha value is -0.450. The third-order valence-electron chi connectivity index (χ3n) is 3.39. The number of nitrogens with zero attached hydrogens (tertiary/aromatic N) is 2. The van der Waals surface area contributed by atoms with Gasteiger partial charge in [0.05, 0.1) is 12.2 Å². The van der Waals surface area contributed by atoms with Gasteiger partial charge in [-0.25, -0.2) is 4.98 Å². The third kappa shape index (κ3) is 4.34. The Balaban J connectivity index is 1.82. The predicted octanol–water partition coefficient (Wildman–Crippen LogP) is 2.87. The van der Waals surface area contributed by atoms with Gasteiger partial charge < -0.3 is 5.32 Å². The minimum atomic E-state index is 0.526. The van der Waals surface area contributed by atoms with E-state index in [1.54, 1.807) is 11.3 Å². The molecule has 1 N–H and O–H groups in total. The van der Waals surface area contributed by atoms with Gasteiger partial charge in [0.25, 0.3) is 0 Å². The molecule has 1 atom stereocenters. The Labute approximate surface area is 115 Å². The van der Waals surface area contributed by atoms with Crippen LogP contribution in [0.4, 0.5) is 0 Å². The summed E-state index contributed by atoms with van der Waals surface area (Å²) < 4.78 is 0. The van der Waals surface area contributed by atoms with Crippen LogP contribution in [0.15, 0.2) is 5.38 Å². The minimum Gasteiger partial charge on any atom is -0.309 e. The van der Waals surface area contributed by atoms with E-state index >= 15 is 0 Å². The van der Waals surface area contributed by atoms with Gasteiger partial charge in [-0.3, -0.25) is 4.90 Å². The molecule has 2 rings (SSSR count). The molecule has 1 unspecified atom stereocenters. The molecule has 4 heteroatoms. The van der Waals surface area contributed by atoms with Gasteiger partial charge in [-0.1, -0.05) is 20.8 Å². The van der Waals surface area contributed by atoms with E-state index in [1.165, 1.54) is 36.6 Å². The number of aromatic nitrogens is 1. The highest BCUT2D eigenvalue weighted by Crippen LogP contribution is 2.19. The summed E-state index contributed by atoms with van der Waals surface area (Å²) in [5.41, 5.74) is 1.19. The maximum absolute atomic E-state index is 4.72. The lowest BCUT2D eigenvalue weighted by molar-refractivity contribution is 0.176. The van der Waals surface area contributed by atoms with E-state index in [0.717, 1.165) is 19.0 Å². The molecule has 0 radical (unpaired) electrons. The van der Waals surface area contributed by atoms with Gasteiger partial charge >= 0.3 is 0 Å². The number of thiazole rings is 1. The van der Waals surface area contributed by atoms with Crippen molar-refractivity contribution in [1.82, 2.24) is 15.2 Å². The minimum absolute atomic E-state index is 0.526. The Morgan fingerprint density at radius 2 is 2.39 bits per heavy atom. The summed E-state index contributed by atoms with van der Waals surface area (Å²) in [6.07, 6.45) is 2.73. The van der Waals surface area contributed by atoms with E-state index in [1.807, 2.05) is 0 Å². The van der Waals surface area contributed by atoms with Crippen molar-refractivity contribution in [3.8, 4) is 0 Å². The van der Waals surface area contributed by atoms with Crippen molar-refractivity contribution >= 4 is 11.3 Å². The molecule has 1 aliphatic rings. The monoisotopic (exact) mass is 267 g/mol. The van der Waals surface area contributed by atoms with Crippen molar-refractivity contribution < 1.29 is 0 Å². The lowest BCUT2D eigenvalue weighted by atomic mass is 10.0. The molecule has 1 aromatic rings. The second-order valence-corrected chi connectivity index (χ2v) is 6.69. The topological polar surface area (TPSA) is 28.2 Å². The van der Waals surface area contributed by atoms with Crippen molar-refractivity contribution in [3.63, 3.8) is 0 Å². The van der Waals surface area contributed by atoms with Gasteiger partial charge in [-0.15, -0.1) is 11.3 Å². The first kappa shape index (κ1) is 14.0. The molecule has 0 aliphatic carbocycles. The number of nitrogens with one attached hydrogen (secondary N) is 1. The van der Waals surface area contributed by atoms with Gasteiger partial charge in [0.1, 0.15) is 5.01 Å². The molecular weight excluding hydrogens is 242 g/mol. The number of hydrogen-bond donors (Lipinski definition) is 1. The SMILES string of the molecule is CC1CCCN(Cc2nc(CNC(C)C)cs2)C1. The zero-order chi connectivity index (χ0) is 13.0. The second-order valence-electron chi connectivity index (χ2n) is 5.75. The molecule has 18 heavy (non-hydrogen) atoms. The van der Waals surface area contributed by atoms with Crippen molar-refractivity contribution in [3.05, 3.63) is 16.1 Å². The zero-order valence-electron chi connectivity index (χ0n) is 11.8. The summed E-state index contributed by atoms with van der Waals surface area (Å²) in [5.74, 6) is 0.848. The van der Waals surface area contributed by atoms with Gasteiger partial charge in [-0.05, 0) is 25.3 Å². The fourth-order valence-electron chi connectivity index (χ4n) is 2.43. The average molecular weight is 267 g/mol. The zero-order valence-corrected chi connectivity index (χ0v) is 12.6. The molecule has 1 aromatic heterocycles. The fraction of sp³-hybridized carbons (Fsp3) is 0.786. The van der Waals surface area contributed by atoms with E-state index < -0.39 is 0 Å². The highest BCUT2D eigenvalue weighted by atomic mass is 32.1. The molecule has 1 fully saturated rings. The van der Waals surface area contributed by atoms with Gasteiger partial charge in [0.15, 0.2) is 0 Å². The van der Waals surface area contributed by atoms with Crippen molar-refractivity contribution in [1.29, 1.82) is 0 Å². The van der Waals surface area contributed by atoms with Crippen LogP contribution in [0, 0.1) is 5.92 Å². The van der Waals surface area contributed by atoms with E-state index in [0.29, 0.717) is 6.04 Å². The summed E-state index contributed by atoms with van der Waals surface area (Å²) in [6, 6.07) is 0.526. The Morgan fingerprint density at radius 1 is 1.56 bits per heavy atom. The van der Waals surface area contributed by atoms with Crippen molar-refractivity contribution in [2.75, 3.05) is 13.1 Å². The molecule has 0 spiro atoms. The fourth-order valence-corrected chi connectivity index (χ4v) is 3.27. The average Bonchev–Trinajstić information content (AvgIpc) is 2.74. The van der Waals surface area contributed by atoms with Crippen LogP contribution in [-0.4, -0.2) is 29.0 Å². The van der Waals surface area contributed by atoms with Gasteiger partial charge in [0, 0.05) is 24.5 Å². The summed E-state index contributed by atoms with van der Waals surface area (Å²) in [6.45, 7) is 11.1. The summed E-state index contributed by atoms with van der Waals surface area (Å²) >= 11 is 1.80. The molecule has 1 aliphatic heterocycles. The van der Waals surface area contributed by atoms with Crippen LogP contribution in [0.3, 0.4) is 0 Å². The van der Waals surface area contributed by atoms with Crippen molar-refractivity contribution in [2.45, 2.75) is 52.7 Å². The van der Waals surface area contributed by atoms with Gasteiger partial charge in [-0.2, -0.15) is 0 Å². The Kier molecular flexibility index (Phi) is 5.15. The van der Waals surface area contributed by atoms with Crippen LogP contribution in [0.5, 0.6) is 0 Å². The molecule has 3 nitrogen and oxygen atoms in total. The van der Waals surface area contributed by atoms with Gasteiger partial charge in [0.2, 0.25) is 0 Å². The van der Waals surface area contributed by atoms with E-state index in [4.69, 9.17) is 4.98 Å². The second kappa shape index (κ2) is 6.64. The maximum Gasteiger partial charge on any atom is 0.107 e. The Morgan fingerprint density at radius 3 is 3.11 bits per heavy atom. The third-order valence-corrected chi connectivity index (χ3v) is 4.27. The van der Waals surface area contributed by atoms with Crippen LogP contribution < -0.4 is 5.32 Å². The number of hydrogen-bond acceptors (Lipinski definition) is 4. The van der Waals surface area contributed by atoms with E-state index in [9.17, 15) is 0 Å². The molecular formula is C14H25N3S. The van der Waals surface area contributed by atoms with E-state index in [-0.39, 0.29) is 0 Å². The predicted molar refractivity (Wildman–Crippen MR) is 77.8 cm³/mol. The largest absolute Gasteiger partial charge is 0.309 e. The normalized spacial score (nSPS) is 21.7. The molecule has 1 saturated heterocycles. The number of likely N-dealkylation sites (tertiary alicyclic amines) is 1. The molecule has 0 saturated carbocycles. The lowest BCUT2D eigenvalue weighted by Crippen LogP contribution is -2.33. The highest BCUT2D eigenvalue weighted by molar-refractivity contribution is 7.09. The summed E-state index contributed by atoms with van der Waals surface area (Å²) in [7, 11) is 0. The summed E-state index contributed by atoms with van der Waals surface area (Å²) in [5, 5.41) is 6.88. The Bertz CT molecular complexity index is 362. The van der Waals surface area contributed by atoms with Crippen LogP contribution in [0.25, 0.3) is 0 Å². The summed E-state index contributed by atoms with van der Waals surface area (Å²) in [4.78, 5) is 7.26. The molecule has 0 bridgehead atoms. The molecule has 102 valence electrons. The quantitative estimate of drug-likeness (QED) is 0.889. The maximum atomic E-state index is 4.72. The van der Waals surface area contributed by atoms with Crippen LogP contribution >= 0.6 is 11.3 Å². The standard InChI is InChI=1S/C14H25N3S/c1-11(2)15-7-13-10-18-14(16-13)9-17-6-4-5-12(3)8-17/h10-12,15H,4-9H2,1-3H3. The highest BCUT2D eigenvalue weighted by Gasteiger charge is 2.17. The smallest absolute Gasteiger partial charge is 0.107 e. The number of rotatable bonds is 5. The number of piperidine rings is 1. The molecule has 0 amide bonds. The molecule has 2 heterocycles. The first-order valence-corrected chi connectivity index (χ1v) is 7.90. The van der Waals surface area contributed by atoms with Crippen molar-refractivity contribution in [2.24, 2.45) is 5.92 Å². The lowest BCUT2D eigenvalue weighted by Gasteiger charge is -2.29. The van der Waals surface area contributed by atoms with Crippen LogP contribution in [0.1, 0.15) is 44.3 Å². The van der Waals surface area contributed by atoms with Crippen LogP contribution in [-0.2, 0) is 13.1 Å². The first-order valence-electron chi connectivity index (χ1n) is 7.02. The first-order chi connectivity index (χ1) is 8.63. The van der Waals surface area contributed by atoms with E-state index in [2.05, 4.69) is 36.4 Å².